The Bertz CT molecular complexity index is 588. The molecule has 1 fully saturated rings. The maximum Gasteiger partial charge on any atom is 0.417 e. The van der Waals surface area contributed by atoms with Gasteiger partial charge in [0.1, 0.15) is 11.8 Å². The molecule has 1 aromatic rings. The number of hydrogen-bond acceptors (Lipinski definition) is 4. The molecule has 3 N–H and O–H groups in total. The number of amides is 2. The van der Waals surface area contributed by atoms with Gasteiger partial charge in [0.2, 0.25) is 0 Å². The number of carbonyl (C=O) groups is 2. The molecule has 9 heteroatoms. The third-order valence-corrected chi connectivity index (χ3v) is 3.46. The van der Waals surface area contributed by atoms with Crippen molar-refractivity contribution in [2.45, 2.75) is 37.6 Å². The average molecular weight is 317 g/mol. The van der Waals surface area contributed by atoms with Crippen LogP contribution in [0, 0.1) is 0 Å². The molecule has 120 valence electrons. The highest BCUT2D eigenvalue weighted by molar-refractivity contribution is 5.95. The first kappa shape index (κ1) is 16.2. The van der Waals surface area contributed by atoms with E-state index in [1.807, 2.05) is 0 Å². The lowest BCUT2D eigenvalue weighted by Crippen LogP contribution is -2.43. The van der Waals surface area contributed by atoms with Crippen molar-refractivity contribution in [3.63, 3.8) is 0 Å². The lowest BCUT2D eigenvalue weighted by atomic mass is 10.0. The topological polar surface area (TPSA) is 94.3 Å². The molecule has 2 rings (SSSR count). The number of nitrogens with zero attached hydrogens (tertiary/aromatic N) is 1. The van der Waals surface area contributed by atoms with E-state index in [2.05, 4.69) is 10.3 Å². The van der Waals surface area contributed by atoms with Crippen LogP contribution in [0.25, 0.3) is 0 Å². The first-order valence-corrected chi connectivity index (χ1v) is 6.44. The molecular weight excluding hydrogens is 303 g/mol. The lowest BCUT2D eigenvalue weighted by Gasteiger charge is -2.27. The van der Waals surface area contributed by atoms with E-state index in [1.54, 1.807) is 0 Å². The van der Waals surface area contributed by atoms with Crippen LogP contribution in [0.15, 0.2) is 18.3 Å². The quantitative estimate of drug-likeness (QED) is 0.885. The molecule has 0 bridgehead atoms. The number of alkyl halides is 3. The van der Waals surface area contributed by atoms with Crippen molar-refractivity contribution >= 4 is 17.5 Å². The Hall–Kier alpha value is -2.16. The Kier molecular flexibility index (Phi) is 4.10. The van der Waals surface area contributed by atoms with Crippen LogP contribution in [0.1, 0.15) is 30.3 Å². The summed E-state index contributed by atoms with van der Waals surface area (Å²) < 4.78 is 43.3. The number of hydrogen-bond donors (Lipinski definition) is 2. The fourth-order valence-corrected chi connectivity index (χ4v) is 2.07. The summed E-state index contributed by atoms with van der Waals surface area (Å²) in [4.78, 5) is 26.5. The fourth-order valence-electron chi connectivity index (χ4n) is 2.07. The van der Waals surface area contributed by atoms with Gasteiger partial charge in [0.05, 0.1) is 11.9 Å². The summed E-state index contributed by atoms with van der Waals surface area (Å²) in [5.41, 5.74) is 2.95. The normalized spacial score (nSPS) is 25.0. The van der Waals surface area contributed by atoms with Crippen molar-refractivity contribution in [1.29, 1.82) is 0 Å². The number of anilines is 1. The molecule has 1 aliphatic rings. The molecular formula is C13H14F3N3O3. The number of nitrogens with one attached hydrogen (secondary N) is 1. The maximum atomic E-state index is 12.8. The van der Waals surface area contributed by atoms with Crippen LogP contribution in [0.5, 0.6) is 0 Å². The smallest absolute Gasteiger partial charge is 0.364 e. The van der Waals surface area contributed by atoms with Gasteiger partial charge in [-0.2, -0.15) is 13.2 Å². The molecule has 0 saturated carbocycles. The number of ether oxygens (including phenoxy) is 1. The zero-order chi connectivity index (χ0) is 16.5. The molecule has 1 aliphatic heterocycles. The highest BCUT2D eigenvalue weighted by atomic mass is 19.4. The van der Waals surface area contributed by atoms with E-state index in [9.17, 15) is 22.8 Å². The molecule has 2 atom stereocenters. The Morgan fingerprint density at radius 3 is 2.59 bits per heavy atom. The number of primary amides is 1. The van der Waals surface area contributed by atoms with E-state index in [0.29, 0.717) is 0 Å². The molecule has 2 heterocycles. The second kappa shape index (κ2) is 5.56. The lowest BCUT2D eigenvalue weighted by molar-refractivity contribution is -0.261. The average Bonchev–Trinajstić information content (AvgIpc) is 2.83. The zero-order valence-electron chi connectivity index (χ0n) is 11.6. The number of aromatic nitrogens is 1. The molecule has 6 nitrogen and oxygen atoms in total. The second-order valence-electron chi connectivity index (χ2n) is 5.16. The van der Waals surface area contributed by atoms with Gasteiger partial charge in [-0.25, -0.2) is 4.98 Å². The minimum Gasteiger partial charge on any atom is -0.364 e. The summed E-state index contributed by atoms with van der Waals surface area (Å²) in [6.45, 7) is 0.920. The van der Waals surface area contributed by atoms with Crippen molar-refractivity contribution in [2.75, 3.05) is 5.32 Å². The molecule has 1 unspecified atom stereocenters. The summed E-state index contributed by atoms with van der Waals surface area (Å²) in [5.74, 6) is -1.42. The molecule has 0 radical (unpaired) electrons. The van der Waals surface area contributed by atoms with Crippen LogP contribution in [0.4, 0.5) is 18.9 Å². The van der Waals surface area contributed by atoms with Gasteiger partial charge in [-0.05, 0) is 31.9 Å². The van der Waals surface area contributed by atoms with Crippen molar-refractivity contribution in [2.24, 2.45) is 5.73 Å². The molecule has 1 aromatic heterocycles. The van der Waals surface area contributed by atoms with Crippen molar-refractivity contribution in [3.05, 3.63) is 24.0 Å². The molecule has 2 amide bonds. The van der Waals surface area contributed by atoms with Crippen LogP contribution in [-0.4, -0.2) is 34.7 Å². The second-order valence-corrected chi connectivity index (χ2v) is 5.16. The van der Waals surface area contributed by atoms with E-state index in [4.69, 9.17) is 10.5 Å². The number of halogens is 3. The van der Waals surface area contributed by atoms with Gasteiger partial charge in [-0.1, -0.05) is 0 Å². The number of rotatable bonds is 3. The first-order chi connectivity index (χ1) is 10.1. The summed E-state index contributed by atoms with van der Waals surface area (Å²) in [6.07, 6.45) is -4.85. The van der Waals surface area contributed by atoms with Crippen LogP contribution in [0.2, 0.25) is 0 Å². The Labute approximate surface area is 123 Å². The largest absolute Gasteiger partial charge is 0.417 e. The SMILES string of the molecule is C[C@]1(C(F)(F)F)CCC(C(=O)Nc2ccc(C(N)=O)nc2)O1. The third-order valence-electron chi connectivity index (χ3n) is 3.46. The van der Waals surface area contributed by atoms with Gasteiger partial charge in [-0.3, -0.25) is 9.59 Å². The van der Waals surface area contributed by atoms with E-state index >= 15 is 0 Å². The van der Waals surface area contributed by atoms with E-state index in [1.165, 1.54) is 18.3 Å². The van der Waals surface area contributed by atoms with E-state index < -0.39 is 29.7 Å². The molecule has 22 heavy (non-hydrogen) atoms. The standard InChI is InChI=1S/C13H14F3N3O3/c1-12(13(14,15)16)5-4-9(22-12)11(21)19-7-2-3-8(10(17)20)18-6-7/h2-3,6,9H,4-5H2,1H3,(H2,17,20)(H,19,21)/t9?,12-/m1/s1. The fraction of sp³-hybridized carbons (Fsp3) is 0.462. The van der Waals surface area contributed by atoms with Crippen LogP contribution in [0.3, 0.4) is 0 Å². The number of carbonyl (C=O) groups excluding carboxylic acids is 2. The van der Waals surface area contributed by atoms with Gasteiger partial charge < -0.3 is 15.8 Å². The number of pyridine rings is 1. The van der Waals surface area contributed by atoms with Gasteiger partial charge >= 0.3 is 6.18 Å². The third kappa shape index (κ3) is 3.19. The predicted octanol–water partition coefficient (Wildman–Crippen LogP) is 1.62. The monoisotopic (exact) mass is 317 g/mol. The van der Waals surface area contributed by atoms with E-state index in [0.717, 1.165) is 6.92 Å². The van der Waals surface area contributed by atoms with Crippen molar-refractivity contribution in [3.8, 4) is 0 Å². The Morgan fingerprint density at radius 2 is 2.14 bits per heavy atom. The molecule has 1 saturated heterocycles. The van der Waals surface area contributed by atoms with Crippen molar-refractivity contribution < 1.29 is 27.5 Å². The summed E-state index contributed by atoms with van der Waals surface area (Å²) in [5, 5.41) is 2.39. The highest BCUT2D eigenvalue weighted by Crippen LogP contribution is 2.43. The van der Waals surface area contributed by atoms with Crippen LogP contribution in [-0.2, 0) is 9.53 Å². The van der Waals surface area contributed by atoms with Crippen LogP contribution >= 0.6 is 0 Å². The molecule has 0 spiro atoms. The maximum absolute atomic E-state index is 12.8. The Balaban J connectivity index is 2.00. The first-order valence-electron chi connectivity index (χ1n) is 6.44. The van der Waals surface area contributed by atoms with Crippen molar-refractivity contribution in [1.82, 2.24) is 4.98 Å². The zero-order valence-corrected chi connectivity index (χ0v) is 11.6. The summed E-state index contributed by atoms with van der Waals surface area (Å²) in [6, 6.07) is 2.68. The predicted molar refractivity (Wildman–Crippen MR) is 70.0 cm³/mol. The number of nitrogens with two attached hydrogens (primary N) is 1. The summed E-state index contributed by atoms with van der Waals surface area (Å²) in [7, 11) is 0. The minimum atomic E-state index is -4.53. The van der Waals surface area contributed by atoms with Gasteiger partial charge in [0.15, 0.2) is 5.60 Å². The molecule has 0 aromatic carbocycles. The highest BCUT2D eigenvalue weighted by Gasteiger charge is 2.57. The van der Waals surface area contributed by atoms with Gasteiger partial charge in [-0.15, -0.1) is 0 Å². The molecule has 0 aliphatic carbocycles. The Morgan fingerprint density at radius 1 is 1.45 bits per heavy atom. The minimum absolute atomic E-state index is 0.0137. The van der Waals surface area contributed by atoms with Gasteiger partial charge in [0.25, 0.3) is 11.8 Å². The van der Waals surface area contributed by atoms with Crippen LogP contribution < -0.4 is 11.1 Å². The van der Waals surface area contributed by atoms with Gasteiger partial charge in [0, 0.05) is 0 Å². The van der Waals surface area contributed by atoms with E-state index in [-0.39, 0.29) is 24.2 Å². The summed E-state index contributed by atoms with van der Waals surface area (Å²) >= 11 is 0.